The fourth-order valence-electron chi connectivity index (χ4n) is 2.38. The molecule has 0 aliphatic carbocycles. The Morgan fingerprint density at radius 1 is 1.48 bits per heavy atom. The number of hydrogen-bond acceptors (Lipinski definition) is 5. The summed E-state index contributed by atoms with van der Waals surface area (Å²) in [4.78, 5) is 13.5. The molecule has 0 atom stereocenters. The molecule has 9 heteroatoms. The molecule has 2 heterocycles. The number of nitrogens with zero attached hydrogens (tertiary/aromatic N) is 2. The van der Waals surface area contributed by atoms with Gasteiger partial charge in [-0.3, -0.25) is 14.8 Å². The molecule has 1 amide bonds. The summed E-state index contributed by atoms with van der Waals surface area (Å²) in [6.07, 6.45) is 2.69. The number of carbonyl (C=O) groups excluding carboxylic acids is 1. The minimum atomic E-state index is -3.53. The predicted octanol–water partition coefficient (Wildman–Crippen LogP) is -0.793. The fraction of sp³-hybridized carbons (Fsp3) is 0.667. The van der Waals surface area contributed by atoms with Crippen LogP contribution in [0, 0.1) is 6.92 Å². The van der Waals surface area contributed by atoms with Gasteiger partial charge in [0.2, 0.25) is 15.9 Å². The Kier molecular flexibility index (Phi) is 4.96. The normalized spacial score (nSPS) is 17.8. The van der Waals surface area contributed by atoms with E-state index in [4.69, 9.17) is 0 Å². The first kappa shape index (κ1) is 15.9. The average molecular weight is 315 g/mol. The van der Waals surface area contributed by atoms with Crippen molar-refractivity contribution in [1.29, 1.82) is 0 Å². The number of likely N-dealkylation sites (N-methyl/N-ethyl adjacent to an activating group) is 1. The Hall–Kier alpha value is -1.45. The van der Waals surface area contributed by atoms with E-state index in [1.165, 1.54) is 6.20 Å². The van der Waals surface area contributed by atoms with Crippen molar-refractivity contribution in [2.45, 2.75) is 30.7 Å². The maximum absolute atomic E-state index is 12.2. The van der Waals surface area contributed by atoms with Gasteiger partial charge >= 0.3 is 0 Å². The van der Waals surface area contributed by atoms with E-state index < -0.39 is 10.0 Å². The quantitative estimate of drug-likeness (QED) is 0.660. The minimum Gasteiger partial charge on any atom is -0.358 e. The number of nitrogens with one attached hydrogen (secondary N) is 3. The molecule has 0 bridgehead atoms. The second kappa shape index (κ2) is 6.54. The monoisotopic (exact) mass is 315 g/mol. The van der Waals surface area contributed by atoms with E-state index in [-0.39, 0.29) is 16.8 Å². The van der Waals surface area contributed by atoms with Crippen molar-refractivity contribution < 1.29 is 13.2 Å². The number of likely N-dealkylation sites (tertiary alicyclic amines) is 1. The van der Waals surface area contributed by atoms with Crippen molar-refractivity contribution in [2.24, 2.45) is 0 Å². The predicted molar refractivity (Wildman–Crippen MR) is 77.2 cm³/mol. The van der Waals surface area contributed by atoms with Crippen LogP contribution in [0.25, 0.3) is 0 Å². The van der Waals surface area contributed by atoms with Crippen LogP contribution in [-0.2, 0) is 14.8 Å². The van der Waals surface area contributed by atoms with Crippen LogP contribution in [0.3, 0.4) is 0 Å². The lowest BCUT2D eigenvalue weighted by atomic mass is 10.1. The maximum atomic E-state index is 12.2. The molecule has 1 aromatic heterocycles. The molecule has 1 aromatic rings. The number of aromatic amines is 1. The van der Waals surface area contributed by atoms with Gasteiger partial charge in [0, 0.05) is 26.2 Å². The molecule has 3 N–H and O–H groups in total. The highest BCUT2D eigenvalue weighted by atomic mass is 32.2. The largest absolute Gasteiger partial charge is 0.358 e. The molecule has 0 saturated carbocycles. The number of sulfonamides is 1. The van der Waals surface area contributed by atoms with Crippen LogP contribution in [-0.4, -0.2) is 62.1 Å². The van der Waals surface area contributed by atoms with Gasteiger partial charge in [-0.05, 0) is 19.8 Å². The summed E-state index contributed by atoms with van der Waals surface area (Å²) in [5, 5.41) is 8.95. The zero-order chi connectivity index (χ0) is 15.5. The van der Waals surface area contributed by atoms with Crippen molar-refractivity contribution in [2.75, 3.05) is 26.7 Å². The molecular formula is C12H21N5O3S. The lowest BCUT2D eigenvalue weighted by molar-refractivity contribution is -0.122. The van der Waals surface area contributed by atoms with Gasteiger partial charge in [-0.2, -0.15) is 5.10 Å². The summed E-state index contributed by atoms with van der Waals surface area (Å²) in [5.74, 6) is -0.0250. The second-order valence-electron chi connectivity index (χ2n) is 5.20. The number of aromatic nitrogens is 2. The lowest BCUT2D eigenvalue weighted by Crippen LogP contribution is -2.47. The number of H-pyrrole nitrogens is 1. The Morgan fingerprint density at radius 2 is 2.14 bits per heavy atom. The van der Waals surface area contributed by atoms with Crippen molar-refractivity contribution in [1.82, 2.24) is 25.1 Å². The summed E-state index contributed by atoms with van der Waals surface area (Å²) in [6.45, 7) is 3.43. The Balaban J connectivity index is 1.89. The lowest BCUT2D eigenvalue weighted by Gasteiger charge is -2.31. The highest BCUT2D eigenvalue weighted by Crippen LogP contribution is 2.16. The van der Waals surface area contributed by atoms with Crippen LogP contribution in [0.4, 0.5) is 0 Å². The van der Waals surface area contributed by atoms with Crippen molar-refractivity contribution >= 4 is 15.9 Å². The topological polar surface area (TPSA) is 107 Å². The summed E-state index contributed by atoms with van der Waals surface area (Å²) in [6, 6.07) is -0.106. The van der Waals surface area contributed by atoms with Gasteiger partial charge in [0.05, 0.1) is 18.4 Å². The van der Waals surface area contributed by atoms with E-state index in [1.54, 1.807) is 14.0 Å². The third-order valence-corrected chi connectivity index (χ3v) is 5.26. The van der Waals surface area contributed by atoms with Gasteiger partial charge in [0.1, 0.15) is 4.90 Å². The minimum absolute atomic E-state index is 0.0250. The molecule has 1 saturated heterocycles. The van der Waals surface area contributed by atoms with Crippen LogP contribution in [0.15, 0.2) is 11.1 Å². The fourth-order valence-corrected chi connectivity index (χ4v) is 3.83. The molecule has 1 aliphatic rings. The van der Waals surface area contributed by atoms with Gasteiger partial charge in [0.15, 0.2) is 0 Å². The van der Waals surface area contributed by atoms with Crippen LogP contribution in [0.2, 0.25) is 0 Å². The first-order chi connectivity index (χ1) is 9.92. The van der Waals surface area contributed by atoms with E-state index in [9.17, 15) is 13.2 Å². The van der Waals surface area contributed by atoms with Gasteiger partial charge in [0.25, 0.3) is 0 Å². The van der Waals surface area contributed by atoms with Gasteiger partial charge < -0.3 is 5.32 Å². The smallest absolute Gasteiger partial charge is 0.244 e. The van der Waals surface area contributed by atoms with Gasteiger partial charge in [-0.1, -0.05) is 0 Å². The van der Waals surface area contributed by atoms with Crippen molar-refractivity contribution in [3.05, 3.63) is 11.9 Å². The third-order valence-electron chi connectivity index (χ3n) is 3.63. The summed E-state index contributed by atoms with van der Waals surface area (Å²) in [5.41, 5.74) is 0.527. The molecule has 21 heavy (non-hydrogen) atoms. The van der Waals surface area contributed by atoms with Crippen LogP contribution >= 0.6 is 0 Å². The van der Waals surface area contributed by atoms with Gasteiger partial charge in [-0.15, -0.1) is 0 Å². The molecule has 1 aliphatic heterocycles. The summed E-state index contributed by atoms with van der Waals surface area (Å²) >= 11 is 0. The maximum Gasteiger partial charge on any atom is 0.244 e. The summed E-state index contributed by atoms with van der Waals surface area (Å²) < 4.78 is 27.2. The second-order valence-corrected chi connectivity index (χ2v) is 6.89. The van der Waals surface area contributed by atoms with Crippen molar-refractivity contribution in [3.8, 4) is 0 Å². The number of rotatable bonds is 5. The molecule has 118 valence electrons. The molecule has 0 aromatic carbocycles. The highest BCUT2D eigenvalue weighted by molar-refractivity contribution is 7.89. The Bertz CT molecular complexity index is 590. The average Bonchev–Trinajstić information content (AvgIpc) is 2.87. The van der Waals surface area contributed by atoms with Crippen LogP contribution in [0.1, 0.15) is 18.5 Å². The molecular weight excluding hydrogens is 294 g/mol. The SMILES string of the molecule is CNC(=O)CN1CCC(NS(=O)(=O)c2cn[nH]c2C)CC1. The Labute approximate surface area is 124 Å². The van der Waals surface area contributed by atoms with E-state index in [1.807, 2.05) is 4.90 Å². The zero-order valence-electron chi connectivity index (χ0n) is 12.2. The van der Waals surface area contributed by atoms with E-state index in [2.05, 4.69) is 20.2 Å². The number of hydrogen-bond donors (Lipinski definition) is 3. The van der Waals surface area contributed by atoms with Crippen LogP contribution in [0.5, 0.6) is 0 Å². The van der Waals surface area contributed by atoms with E-state index >= 15 is 0 Å². The number of piperidine rings is 1. The first-order valence-electron chi connectivity index (χ1n) is 6.87. The molecule has 0 spiro atoms. The number of aryl methyl sites for hydroxylation is 1. The summed E-state index contributed by atoms with van der Waals surface area (Å²) in [7, 11) is -1.93. The molecule has 2 rings (SSSR count). The Morgan fingerprint density at radius 3 is 2.67 bits per heavy atom. The van der Waals surface area contributed by atoms with E-state index in [0.717, 1.165) is 0 Å². The molecule has 0 unspecified atom stereocenters. The third kappa shape index (κ3) is 4.02. The number of carbonyl (C=O) groups is 1. The van der Waals surface area contributed by atoms with Gasteiger partial charge in [-0.25, -0.2) is 13.1 Å². The molecule has 1 fully saturated rings. The zero-order valence-corrected chi connectivity index (χ0v) is 13.0. The van der Waals surface area contributed by atoms with E-state index in [0.29, 0.717) is 38.2 Å². The number of amides is 1. The highest BCUT2D eigenvalue weighted by Gasteiger charge is 2.26. The van der Waals surface area contributed by atoms with Crippen LogP contribution < -0.4 is 10.0 Å². The van der Waals surface area contributed by atoms with Crippen molar-refractivity contribution in [3.63, 3.8) is 0 Å². The standard InChI is InChI=1S/C12H21N5O3S/c1-9-11(7-14-15-9)21(19,20)16-10-3-5-17(6-4-10)8-12(18)13-2/h7,10,16H,3-6,8H2,1-2H3,(H,13,18)(H,14,15). The first-order valence-corrected chi connectivity index (χ1v) is 8.36. The molecule has 0 radical (unpaired) electrons. The molecule has 8 nitrogen and oxygen atoms in total.